The predicted octanol–water partition coefficient (Wildman–Crippen LogP) is 1.86. The first-order chi connectivity index (χ1) is 12.1. The Bertz CT molecular complexity index is 714. The van der Waals surface area contributed by atoms with Crippen LogP contribution in [-0.4, -0.2) is 54.0 Å². The highest BCUT2D eigenvalue weighted by atomic mass is 19.1. The van der Waals surface area contributed by atoms with Gasteiger partial charge in [0.15, 0.2) is 0 Å². The van der Waals surface area contributed by atoms with Crippen LogP contribution < -0.4 is 10.2 Å². The minimum atomic E-state index is -0.220. The number of nitrogens with one attached hydrogen (secondary N) is 1. The first kappa shape index (κ1) is 17.1. The number of benzene rings is 1. The van der Waals surface area contributed by atoms with Crippen molar-refractivity contribution < 1.29 is 9.18 Å². The van der Waals surface area contributed by atoms with Crippen molar-refractivity contribution in [1.82, 2.24) is 14.9 Å². The molecule has 1 amide bonds. The van der Waals surface area contributed by atoms with E-state index in [0.717, 1.165) is 43.0 Å². The fourth-order valence-electron chi connectivity index (χ4n) is 2.80. The molecule has 25 heavy (non-hydrogen) atoms. The standard InChI is InChI=1S/C18H22FN5O/c1-14-12-17(20-7-6-15-2-4-16(19)5-3-15)22-18(21-14)24-10-8-23(13-25)9-11-24/h2-5,12-13H,6-11H2,1H3,(H,20,21,22). The van der Waals surface area contributed by atoms with Crippen LogP contribution in [0.5, 0.6) is 0 Å². The summed E-state index contributed by atoms with van der Waals surface area (Å²) in [6.07, 6.45) is 1.67. The molecule has 0 unspecified atom stereocenters. The number of aromatic nitrogens is 2. The number of halogens is 1. The monoisotopic (exact) mass is 343 g/mol. The van der Waals surface area contributed by atoms with Crippen LogP contribution in [0.25, 0.3) is 0 Å². The lowest BCUT2D eigenvalue weighted by Crippen LogP contribution is -2.46. The fourth-order valence-corrected chi connectivity index (χ4v) is 2.80. The van der Waals surface area contributed by atoms with Gasteiger partial charge in [0.25, 0.3) is 0 Å². The fraction of sp³-hybridized carbons (Fsp3) is 0.389. The largest absolute Gasteiger partial charge is 0.370 e. The molecular formula is C18H22FN5O. The van der Waals surface area contributed by atoms with Crippen LogP contribution in [0, 0.1) is 12.7 Å². The second-order valence-corrected chi connectivity index (χ2v) is 6.13. The van der Waals surface area contributed by atoms with Gasteiger partial charge in [0.2, 0.25) is 12.4 Å². The topological polar surface area (TPSA) is 61.4 Å². The molecule has 2 heterocycles. The van der Waals surface area contributed by atoms with Crippen LogP contribution in [0.1, 0.15) is 11.3 Å². The third-order valence-electron chi connectivity index (χ3n) is 4.22. The van der Waals surface area contributed by atoms with Gasteiger partial charge in [-0.1, -0.05) is 12.1 Å². The highest BCUT2D eigenvalue weighted by molar-refractivity contribution is 5.49. The van der Waals surface area contributed by atoms with Crippen molar-refractivity contribution in [2.75, 3.05) is 42.9 Å². The average Bonchev–Trinajstić information content (AvgIpc) is 2.63. The molecule has 1 aromatic heterocycles. The lowest BCUT2D eigenvalue weighted by Gasteiger charge is -2.32. The van der Waals surface area contributed by atoms with E-state index >= 15 is 0 Å². The van der Waals surface area contributed by atoms with Gasteiger partial charge in [-0.15, -0.1) is 0 Å². The molecule has 1 aliphatic rings. The highest BCUT2D eigenvalue weighted by Gasteiger charge is 2.18. The van der Waals surface area contributed by atoms with E-state index in [-0.39, 0.29) is 5.82 Å². The molecule has 0 saturated carbocycles. The summed E-state index contributed by atoms with van der Waals surface area (Å²) < 4.78 is 12.9. The van der Waals surface area contributed by atoms with Crippen molar-refractivity contribution in [1.29, 1.82) is 0 Å². The predicted molar refractivity (Wildman–Crippen MR) is 95.2 cm³/mol. The van der Waals surface area contributed by atoms with E-state index in [0.29, 0.717) is 25.6 Å². The van der Waals surface area contributed by atoms with E-state index in [4.69, 9.17) is 0 Å². The molecule has 6 nitrogen and oxygen atoms in total. The van der Waals surface area contributed by atoms with Gasteiger partial charge in [0, 0.05) is 44.5 Å². The molecular weight excluding hydrogens is 321 g/mol. The highest BCUT2D eigenvalue weighted by Crippen LogP contribution is 2.15. The van der Waals surface area contributed by atoms with E-state index in [1.165, 1.54) is 12.1 Å². The molecule has 1 aliphatic heterocycles. The molecule has 7 heteroatoms. The second kappa shape index (κ2) is 7.92. The van der Waals surface area contributed by atoms with E-state index in [1.54, 1.807) is 17.0 Å². The SMILES string of the molecule is Cc1cc(NCCc2ccc(F)cc2)nc(N2CCN(C=O)CC2)n1. The number of aryl methyl sites for hydroxylation is 1. The summed E-state index contributed by atoms with van der Waals surface area (Å²) in [6, 6.07) is 8.44. The van der Waals surface area contributed by atoms with Crippen molar-refractivity contribution >= 4 is 18.2 Å². The molecule has 1 saturated heterocycles. The molecule has 0 atom stereocenters. The van der Waals surface area contributed by atoms with Gasteiger partial charge < -0.3 is 15.1 Å². The lowest BCUT2D eigenvalue weighted by molar-refractivity contribution is -0.118. The molecule has 0 aliphatic carbocycles. The average molecular weight is 343 g/mol. The van der Waals surface area contributed by atoms with Crippen LogP contribution in [0.15, 0.2) is 30.3 Å². The third-order valence-corrected chi connectivity index (χ3v) is 4.22. The van der Waals surface area contributed by atoms with Gasteiger partial charge in [-0.3, -0.25) is 4.79 Å². The smallest absolute Gasteiger partial charge is 0.227 e. The van der Waals surface area contributed by atoms with Crippen molar-refractivity contribution in [3.8, 4) is 0 Å². The van der Waals surface area contributed by atoms with Gasteiger partial charge in [-0.25, -0.2) is 9.37 Å². The molecule has 1 fully saturated rings. The maximum absolute atomic E-state index is 12.9. The molecule has 0 bridgehead atoms. The van der Waals surface area contributed by atoms with E-state index in [9.17, 15) is 9.18 Å². The summed E-state index contributed by atoms with van der Waals surface area (Å²) in [6.45, 7) is 5.50. The quantitative estimate of drug-likeness (QED) is 0.811. The number of carbonyl (C=O) groups excluding carboxylic acids is 1. The van der Waals surface area contributed by atoms with Crippen LogP contribution in [0.3, 0.4) is 0 Å². The zero-order valence-corrected chi connectivity index (χ0v) is 14.3. The molecule has 1 aromatic carbocycles. The second-order valence-electron chi connectivity index (χ2n) is 6.13. The minimum absolute atomic E-state index is 0.220. The normalized spacial score (nSPS) is 14.5. The maximum atomic E-state index is 12.9. The molecule has 3 rings (SSSR count). The number of hydrogen-bond donors (Lipinski definition) is 1. The molecule has 1 N–H and O–H groups in total. The minimum Gasteiger partial charge on any atom is -0.370 e. The number of carbonyl (C=O) groups is 1. The Balaban J connectivity index is 1.59. The van der Waals surface area contributed by atoms with Crippen LogP contribution in [-0.2, 0) is 11.2 Å². The summed E-state index contributed by atoms with van der Waals surface area (Å²) in [5, 5.41) is 3.31. The van der Waals surface area contributed by atoms with Gasteiger partial charge in [0.1, 0.15) is 11.6 Å². The van der Waals surface area contributed by atoms with Crippen LogP contribution in [0.4, 0.5) is 16.2 Å². The van der Waals surface area contributed by atoms with E-state index in [2.05, 4.69) is 20.2 Å². The Morgan fingerprint density at radius 2 is 1.88 bits per heavy atom. The van der Waals surface area contributed by atoms with Crippen LogP contribution in [0.2, 0.25) is 0 Å². The number of hydrogen-bond acceptors (Lipinski definition) is 5. The van der Waals surface area contributed by atoms with Gasteiger partial charge >= 0.3 is 0 Å². The first-order valence-electron chi connectivity index (χ1n) is 8.42. The Morgan fingerprint density at radius 1 is 1.16 bits per heavy atom. The van der Waals surface area contributed by atoms with Crippen molar-refractivity contribution in [3.63, 3.8) is 0 Å². The zero-order valence-electron chi connectivity index (χ0n) is 14.3. The Hall–Kier alpha value is -2.70. The Morgan fingerprint density at radius 3 is 2.56 bits per heavy atom. The maximum Gasteiger partial charge on any atom is 0.227 e. The first-order valence-corrected chi connectivity index (χ1v) is 8.42. The van der Waals surface area contributed by atoms with Gasteiger partial charge in [-0.05, 0) is 31.0 Å². The molecule has 0 spiro atoms. The van der Waals surface area contributed by atoms with Crippen molar-refractivity contribution in [2.24, 2.45) is 0 Å². The molecule has 2 aromatic rings. The molecule has 0 radical (unpaired) electrons. The summed E-state index contributed by atoms with van der Waals surface area (Å²) in [7, 11) is 0. The number of piperazine rings is 1. The zero-order chi connectivity index (χ0) is 17.6. The summed E-state index contributed by atoms with van der Waals surface area (Å²) in [5.41, 5.74) is 1.97. The summed E-state index contributed by atoms with van der Waals surface area (Å²) in [4.78, 5) is 23.8. The molecule has 132 valence electrons. The Labute approximate surface area is 146 Å². The van der Waals surface area contributed by atoms with E-state index < -0.39 is 0 Å². The van der Waals surface area contributed by atoms with E-state index in [1.807, 2.05) is 13.0 Å². The number of anilines is 2. The van der Waals surface area contributed by atoms with Gasteiger partial charge in [-0.2, -0.15) is 4.98 Å². The number of amides is 1. The van der Waals surface area contributed by atoms with Gasteiger partial charge in [0.05, 0.1) is 0 Å². The summed E-state index contributed by atoms with van der Waals surface area (Å²) in [5.74, 6) is 1.25. The van der Waals surface area contributed by atoms with Crippen LogP contribution >= 0.6 is 0 Å². The van der Waals surface area contributed by atoms with Crippen molar-refractivity contribution in [3.05, 3.63) is 47.4 Å². The number of rotatable bonds is 6. The Kier molecular flexibility index (Phi) is 5.42. The number of nitrogens with zero attached hydrogens (tertiary/aromatic N) is 4. The lowest BCUT2D eigenvalue weighted by atomic mass is 10.1. The van der Waals surface area contributed by atoms with Crippen molar-refractivity contribution in [2.45, 2.75) is 13.3 Å². The summed E-state index contributed by atoms with van der Waals surface area (Å²) >= 11 is 0. The third kappa shape index (κ3) is 4.65.